The molecule has 0 bridgehead atoms. The lowest BCUT2D eigenvalue weighted by Crippen LogP contribution is -2.13. The number of rotatable bonds is 8. The van der Waals surface area contributed by atoms with E-state index in [2.05, 4.69) is 43.4 Å². The molecule has 0 spiro atoms. The Bertz CT molecular complexity index is 240. The first kappa shape index (κ1) is 13.2. The van der Waals surface area contributed by atoms with Crippen LogP contribution in [-0.4, -0.2) is 13.2 Å². The zero-order chi connectivity index (χ0) is 11.6. The third-order valence-corrected chi connectivity index (χ3v) is 2.40. The van der Waals surface area contributed by atoms with E-state index in [1.54, 1.807) is 0 Å². The molecule has 1 aromatic carbocycles. The molecule has 0 aromatic heterocycles. The molecule has 2 heteroatoms. The molecule has 1 aromatic rings. The molecule has 0 unspecified atom stereocenters. The second-order valence-electron chi connectivity index (χ2n) is 4.05. The molecule has 90 valence electrons. The smallest absolute Gasteiger partial charge is 0.0716 e. The Morgan fingerprint density at radius 1 is 1.00 bits per heavy atom. The van der Waals surface area contributed by atoms with Gasteiger partial charge in [0.05, 0.1) is 6.61 Å². The molecule has 0 atom stereocenters. The van der Waals surface area contributed by atoms with Crippen LogP contribution in [0.25, 0.3) is 0 Å². The highest BCUT2D eigenvalue weighted by atomic mass is 16.5. The van der Waals surface area contributed by atoms with Gasteiger partial charge in [0.25, 0.3) is 0 Å². The van der Waals surface area contributed by atoms with Crippen molar-refractivity contribution in [2.24, 2.45) is 0 Å². The molecular weight excluding hydrogens is 198 g/mol. The van der Waals surface area contributed by atoms with Crippen molar-refractivity contribution in [1.82, 2.24) is 5.32 Å². The molecule has 0 radical (unpaired) electrons. The highest BCUT2D eigenvalue weighted by Crippen LogP contribution is 2.05. The van der Waals surface area contributed by atoms with Crippen molar-refractivity contribution >= 4 is 0 Å². The van der Waals surface area contributed by atoms with Crippen LogP contribution < -0.4 is 5.32 Å². The summed E-state index contributed by atoms with van der Waals surface area (Å²) in [7, 11) is 0. The summed E-state index contributed by atoms with van der Waals surface area (Å²) in [5.41, 5.74) is 2.60. The molecule has 2 nitrogen and oxygen atoms in total. The van der Waals surface area contributed by atoms with E-state index in [-0.39, 0.29) is 0 Å². The molecule has 0 saturated carbocycles. The van der Waals surface area contributed by atoms with Gasteiger partial charge in [-0.3, -0.25) is 0 Å². The topological polar surface area (TPSA) is 21.3 Å². The van der Waals surface area contributed by atoms with Crippen molar-refractivity contribution < 1.29 is 4.74 Å². The van der Waals surface area contributed by atoms with Crippen LogP contribution in [-0.2, 0) is 17.9 Å². The van der Waals surface area contributed by atoms with Crippen LogP contribution in [0.2, 0.25) is 0 Å². The van der Waals surface area contributed by atoms with Crippen molar-refractivity contribution in [2.45, 2.75) is 39.8 Å². The van der Waals surface area contributed by atoms with Crippen LogP contribution in [0.1, 0.15) is 37.8 Å². The summed E-state index contributed by atoms with van der Waals surface area (Å²) in [6.45, 7) is 7.94. The van der Waals surface area contributed by atoms with Crippen molar-refractivity contribution in [3.8, 4) is 0 Å². The van der Waals surface area contributed by atoms with E-state index in [1.807, 2.05) is 0 Å². The maximum atomic E-state index is 5.49. The summed E-state index contributed by atoms with van der Waals surface area (Å²) in [5.74, 6) is 0. The van der Waals surface area contributed by atoms with Gasteiger partial charge in [0.2, 0.25) is 0 Å². The Hall–Kier alpha value is -0.860. The van der Waals surface area contributed by atoms with Gasteiger partial charge in [-0.05, 0) is 30.5 Å². The Morgan fingerprint density at radius 3 is 2.31 bits per heavy atom. The highest BCUT2D eigenvalue weighted by molar-refractivity contribution is 5.21. The van der Waals surface area contributed by atoms with Gasteiger partial charge in [0.1, 0.15) is 0 Å². The average Bonchev–Trinajstić information content (AvgIpc) is 2.32. The number of benzene rings is 1. The van der Waals surface area contributed by atoms with E-state index in [4.69, 9.17) is 4.74 Å². The number of nitrogens with one attached hydrogen (secondary N) is 1. The van der Waals surface area contributed by atoms with Gasteiger partial charge in [-0.1, -0.05) is 38.1 Å². The standard InChI is InChI=1S/C14H23NO/c1-3-9-15-11-13-5-7-14(8-6-13)12-16-10-4-2/h5-8,15H,3-4,9-12H2,1-2H3. The van der Waals surface area contributed by atoms with E-state index in [0.717, 1.165) is 32.7 Å². The molecule has 0 aliphatic heterocycles. The van der Waals surface area contributed by atoms with Gasteiger partial charge < -0.3 is 10.1 Å². The molecule has 0 heterocycles. The Morgan fingerprint density at radius 2 is 1.69 bits per heavy atom. The first-order valence-corrected chi connectivity index (χ1v) is 6.23. The van der Waals surface area contributed by atoms with Crippen LogP contribution >= 0.6 is 0 Å². The zero-order valence-corrected chi connectivity index (χ0v) is 10.5. The van der Waals surface area contributed by atoms with E-state index >= 15 is 0 Å². The molecule has 0 fully saturated rings. The number of hydrogen-bond donors (Lipinski definition) is 1. The maximum absolute atomic E-state index is 5.49. The maximum Gasteiger partial charge on any atom is 0.0716 e. The van der Waals surface area contributed by atoms with E-state index in [9.17, 15) is 0 Å². The third kappa shape index (κ3) is 5.29. The average molecular weight is 221 g/mol. The number of ether oxygens (including phenoxy) is 1. The molecule has 0 aliphatic carbocycles. The summed E-state index contributed by atoms with van der Waals surface area (Å²) < 4.78 is 5.49. The highest BCUT2D eigenvalue weighted by Gasteiger charge is 1.95. The molecule has 0 aliphatic rings. The molecule has 1 N–H and O–H groups in total. The largest absolute Gasteiger partial charge is 0.377 e. The van der Waals surface area contributed by atoms with E-state index in [1.165, 1.54) is 17.5 Å². The van der Waals surface area contributed by atoms with Gasteiger partial charge >= 0.3 is 0 Å². The van der Waals surface area contributed by atoms with Crippen LogP contribution in [0, 0.1) is 0 Å². The summed E-state index contributed by atoms with van der Waals surface area (Å²) in [6, 6.07) is 8.65. The molecular formula is C14H23NO. The van der Waals surface area contributed by atoms with Crippen molar-refractivity contribution in [3.63, 3.8) is 0 Å². The summed E-state index contributed by atoms with van der Waals surface area (Å²) in [4.78, 5) is 0. The SMILES string of the molecule is CCCNCc1ccc(COCCC)cc1. The monoisotopic (exact) mass is 221 g/mol. The Kier molecular flexibility index (Phi) is 6.86. The second kappa shape index (κ2) is 8.31. The predicted molar refractivity (Wildman–Crippen MR) is 68.4 cm³/mol. The minimum atomic E-state index is 0.733. The Balaban J connectivity index is 2.30. The van der Waals surface area contributed by atoms with Crippen molar-refractivity contribution in [1.29, 1.82) is 0 Å². The lowest BCUT2D eigenvalue weighted by Gasteiger charge is -2.06. The number of hydrogen-bond acceptors (Lipinski definition) is 2. The fourth-order valence-electron chi connectivity index (χ4n) is 1.50. The first-order valence-electron chi connectivity index (χ1n) is 6.23. The first-order chi connectivity index (χ1) is 7.86. The molecule has 0 saturated heterocycles. The van der Waals surface area contributed by atoms with Gasteiger partial charge in [-0.25, -0.2) is 0 Å². The zero-order valence-electron chi connectivity index (χ0n) is 10.5. The Labute approximate surface area is 99.0 Å². The van der Waals surface area contributed by atoms with Crippen LogP contribution in [0.5, 0.6) is 0 Å². The van der Waals surface area contributed by atoms with E-state index < -0.39 is 0 Å². The van der Waals surface area contributed by atoms with Crippen molar-refractivity contribution in [2.75, 3.05) is 13.2 Å². The van der Waals surface area contributed by atoms with Crippen LogP contribution in [0.15, 0.2) is 24.3 Å². The molecule has 1 rings (SSSR count). The van der Waals surface area contributed by atoms with Crippen LogP contribution in [0.3, 0.4) is 0 Å². The summed E-state index contributed by atoms with van der Waals surface area (Å²) >= 11 is 0. The second-order valence-corrected chi connectivity index (χ2v) is 4.05. The molecule has 16 heavy (non-hydrogen) atoms. The fraction of sp³-hybridized carbons (Fsp3) is 0.571. The quantitative estimate of drug-likeness (QED) is 0.681. The summed E-state index contributed by atoms with van der Waals surface area (Å²) in [6.07, 6.45) is 2.27. The lowest BCUT2D eigenvalue weighted by atomic mass is 10.1. The van der Waals surface area contributed by atoms with Crippen LogP contribution in [0.4, 0.5) is 0 Å². The normalized spacial score (nSPS) is 10.6. The van der Waals surface area contributed by atoms with Gasteiger partial charge in [0, 0.05) is 13.2 Å². The van der Waals surface area contributed by atoms with Gasteiger partial charge in [-0.15, -0.1) is 0 Å². The lowest BCUT2D eigenvalue weighted by molar-refractivity contribution is 0.121. The van der Waals surface area contributed by atoms with Gasteiger partial charge in [-0.2, -0.15) is 0 Å². The summed E-state index contributed by atoms with van der Waals surface area (Å²) in [5, 5.41) is 3.39. The van der Waals surface area contributed by atoms with Crippen molar-refractivity contribution in [3.05, 3.63) is 35.4 Å². The molecule has 0 amide bonds. The van der Waals surface area contributed by atoms with E-state index in [0.29, 0.717) is 0 Å². The fourth-order valence-corrected chi connectivity index (χ4v) is 1.50. The predicted octanol–water partition coefficient (Wildman–Crippen LogP) is 3.11. The minimum Gasteiger partial charge on any atom is -0.377 e. The minimum absolute atomic E-state index is 0.733. The van der Waals surface area contributed by atoms with Gasteiger partial charge in [0.15, 0.2) is 0 Å². The third-order valence-electron chi connectivity index (χ3n) is 2.40.